The number of carboxylic acids is 1. The number of anilines is 1. The fraction of sp³-hybridized carbons (Fsp3) is 0.385. The van der Waals surface area contributed by atoms with Crippen molar-refractivity contribution in [2.75, 3.05) is 18.5 Å². The van der Waals surface area contributed by atoms with Crippen LogP contribution in [-0.2, 0) is 11.8 Å². The molecule has 1 fully saturated rings. The lowest BCUT2D eigenvalue weighted by Gasteiger charge is -2.26. The number of ether oxygens (including phenoxy) is 1. The molecule has 2 unspecified atom stereocenters. The highest BCUT2D eigenvalue weighted by molar-refractivity contribution is 6.30. The van der Waals surface area contributed by atoms with Crippen molar-refractivity contribution in [1.82, 2.24) is 24.5 Å². The molecule has 36 heavy (non-hydrogen) atoms. The molecule has 0 aliphatic carbocycles. The van der Waals surface area contributed by atoms with Crippen LogP contribution in [0.15, 0.2) is 36.4 Å². The van der Waals surface area contributed by atoms with Crippen LogP contribution in [0.3, 0.4) is 0 Å². The zero-order chi connectivity index (χ0) is 25.6. The predicted octanol–water partition coefficient (Wildman–Crippen LogP) is 5.11. The van der Waals surface area contributed by atoms with E-state index >= 15 is 0 Å². The van der Waals surface area contributed by atoms with Crippen LogP contribution in [0.5, 0.6) is 0 Å². The van der Waals surface area contributed by atoms with Gasteiger partial charge in [0.05, 0.1) is 23.9 Å². The normalized spacial score (nSPS) is 16.7. The van der Waals surface area contributed by atoms with Crippen LogP contribution in [-0.4, -0.2) is 48.8 Å². The second kappa shape index (κ2) is 9.55. The van der Waals surface area contributed by atoms with E-state index in [1.165, 1.54) is 0 Å². The van der Waals surface area contributed by atoms with Gasteiger partial charge in [0.25, 0.3) is 0 Å². The van der Waals surface area contributed by atoms with Gasteiger partial charge in [0.15, 0.2) is 5.69 Å². The first-order valence-corrected chi connectivity index (χ1v) is 12.4. The largest absolute Gasteiger partial charge is 0.476 e. The Balaban J connectivity index is 1.72. The summed E-state index contributed by atoms with van der Waals surface area (Å²) in [5.74, 6) is -0.268. The van der Waals surface area contributed by atoms with Gasteiger partial charge in [-0.2, -0.15) is 0 Å². The molecule has 2 N–H and O–H groups in total. The van der Waals surface area contributed by atoms with Crippen LogP contribution in [0, 0.1) is 6.92 Å². The summed E-state index contributed by atoms with van der Waals surface area (Å²) in [5, 5.41) is 22.9. The van der Waals surface area contributed by atoms with E-state index in [9.17, 15) is 9.90 Å². The Hall–Kier alpha value is -3.43. The number of benzene rings is 2. The number of hydrogen-bond donors (Lipinski definition) is 2. The summed E-state index contributed by atoms with van der Waals surface area (Å²) >= 11 is 6.20. The molecule has 5 rings (SSSR count). The molecular formula is C26H29ClN6O3. The Morgan fingerprint density at radius 2 is 2.00 bits per heavy atom. The van der Waals surface area contributed by atoms with Gasteiger partial charge in [-0.25, -0.2) is 14.5 Å². The molecule has 0 bridgehead atoms. The molecule has 1 saturated heterocycles. The predicted molar refractivity (Wildman–Crippen MR) is 138 cm³/mol. The lowest BCUT2D eigenvalue weighted by molar-refractivity contribution is 0.0689. The second-order valence-corrected chi connectivity index (χ2v) is 9.97. The number of carbonyl (C=O) groups is 1. The number of nitrogens with zero attached hydrogens (tertiary/aromatic N) is 5. The maximum atomic E-state index is 12.5. The number of aromatic carboxylic acids is 1. The number of aryl methyl sites for hydroxylation is 2. The molecule has 10 heteroatoms. The summed E-state index contributed by atoms with van der Waals surface area (Å²) in [6.07, 6.45) is 0.810. The van der Waals surface area contributed by atoms with Crippen molar-refractivity contribution >= 4 is 34.3 Å². The average Bonchev–Trinajstić information content (AvgIpc) is 3.57. The van der Waals surface area contributed by atoms with Gasteiger partial charge in [0.2, 0.25) is 0 Å². The Labute approximate surface area is 214 Å². The fourth-order valence-electron chi connectivity index (χ4n) is 4.98. The molecule has 9 nitrogen and oxygen atoms in total. The SMILES string of the molecule is Cc1cc(NC(c2ccc(Cl)cc2)c2c(C(=O)O)nc(C3CCOC3)n2C(C)C)cc2c1nnn2C. The second-order valence-electron chi connectivity index (χ2n) is 9.54. The molecule has 1 aliphatic heterocycles. The molecule has 0 radical (unpaired) electrons. The fourth-order valence-corrected chi connectivity index (χ4v) is 5.10. The zero-order valence-corrected chi connectivity index (χ0v) is 21.5. The number of carboxylic acid groups (broad SMARTS) is 1. The first-order valence-electron chi connectivity index (χ1n) is 12.0. The number of aromatic nitrogens is 5. The van der Waals surface area contributed by atoms with Gasteiger partial charge in [0, 0.05) is 36.3 Å². The van der Waals surface area contributed by atoms with Crippen molar-refractivity contribution in [2.45, 2.75) is 45.2 Å². The molecule has 0 amide bonds. The smallest absolute Gasteiger partial charge is 0.356 e. The number of fused-ring (bicyclic) bond motifs is 1. The van der Waals surface area contributed by atoms with E-state index in [1.54, 1.807) is 4.68 Å². The summed E-state index contributed by atoms with van der Waals surface area (Å²) in [4.78, 5) is 17.2. The Morgan fingerprint density at radius 3 is 2.64 bits per heavy atom. The number of nitrogens with one attached hydrogen (secondary N) is 1. The van der Waals surface area contributed by atoms with Crippen molar-refractivity contribution in [3.8, 4) is 0 Å². The van der Waals surface area contributed by atoms with Gasteiger partial charge in [0.1, 0.15) is 11.3 Å². The molecule has 1 aliphatic rings. The zero-order valence-electron chi connectivity index (χ0n) is 20.7. The molecule has 188 valence electrons. The number of imidazole rings is 1. The lowest BCUT2D eigenvalue weighted by atomic mass is 10.00. The van der Waals surface area contributed by atoms with Gasteiger partial charge in [-0.1, -0.05) is 28.9 Å². The van der Waals surface area contributed by atoms with Crippen LogP contribution < -0.4 is 5.32 Å². The minimum absolute atomic E-state index is 0.0155. The highest BCUT2D eigenvalue weighted by Crippen LogP contribution is 2.37. The van der Waals surface area contributed by atoms with E-state index in [1.807, 2.05) is 64.2 Å². The van der Waals surface area contributed by atoms with Gasteiger partial charge >= 0.3 is 5.97 Å². The number of halogens is 1. The summed E-state index contributed by atoms with van der Waals surface area (Å²) in [6.45, 7) is 7.26. The Bertz CT molecular complexity index is 1420. The maximum absolute atomic E-state index is 12.5. The standard InChI is InChI=1S/C26H29ClN6O3/c1-14(2)33-24(23(26(34)35)29-25(33)17-9-10-36-13-17)22(16-5-7-18(27)8-6-16)28-19-11-15(3)21-20(12-19)32(4)31-30-21/h5-8,11-12,14,17,22,28H,9-10,13H2,1-4H3,(H,34,35). The minimum atomic E-state index is -1.06. The summed E-state index contributed by atoms with van der Waals surface area (Å²) in [5.41, 5.74) is 5.01. The molecule has 0 spiro atoms. The van der Waals surface area contributed by atoms with Crippen LogP contribution in [0.4, 0.5) is 5.69 Å². The quantitative estimate of drug-likeness (QED) is 0.357. The third-order valence-corrected chi connectivity index (χ3v) is 6.94. The highest BCUT2D eigenvalue weighted by atomic mass is 35.5. The molecule has 2 aromatic heterocycles. The Kier molecular flexibility index (Phi) is 6.44. The van der Waals surface area contributed by atoms with E-state index in [-0.39, 0.29) is 17.7 Å². The molecule has 4 aromatic rings. The first kappa shape index (κ1) is 24.3. The number of hydrogen-bond acceptors (Lipinski definition) is 6. The van der Waals surface area contributed by atoms with Gasteiger partial charge in [-0.05, 0) is 62.6 Å². The monoisotopic (exact) mass is 508 g/mol. The third kappa shape index (κ3) is 4.33. The van der Waals surface area contributed by atoms with E-state index in [2.05, 4.69) is 25.2 Å². The van der Waals surface area contributed by atoms with Crippen molar-refractivity contribution in [2.24, 2.45) is 7.05 Å². The molecule has 0 saturated carbocycles. The van der Waals surface area contributed by atoms with Crippen molar-refractivity contribution in [3.63, 3.8) is 0 Å². The van der Waals surface area contributed by atoms with E-state index in [0.29, 0.717) is 23.9 Å². The lowest BCUT2D eigenvalue weighted by Crippen LogP contribution is -2.22. The van der Waals surface area contributed by atoms with Crippen LogP contribution in [0.25, 0.3) is 11.0 Å². The third-order valence-electron chi connectivity index (χ3n) is 6.68. The van der Waals surface area contributed by atoms with Crippen LogP contribution >= 0.6 is 11.6 Å². The molecule has 2 aromatic carbocycles. The van der Waals surface area contributed by atoms with E-state index in [4.69, 9.17) is 16.3 Å². The maximum Gasteiger partial charge on any atom is 0.356 e. The van der Waals surface area contributed by atoms with Crippen molar-refractivity contribution in [3.05, 3.63) is 69.8 Å². The topological polar surface area (TPSA) is 107 Å². The number of rotatable bonds is 7. The minimum Gasteiger partial charge on any atom is -0.476 e. The average molecular weight is 509 g/mol. The van der Waals surface area contributed by atoms with E-state index in [0.717, 1.165) is 40.1 Å². The molecule has 2 atom stereocenters. The van der Waals surface area contributed by atoms with Gasteiger partial charge in [-0.15, -0.1) is 5.10 Å². The van der Waals surface area contributed by atoms with Crippen molar-refractivity contribution < 1.29 is 14.6 Å². The summed E-state index contributed by atoms with van der Waals surface area (Å²) < 4.78 is 9.41. The van der Waals surface area contributed by atoms with Gasteiger partial charge < -0.3 is 19.7 Å². The first-order chi connectivity index (χ1) is 17.2. The Morgan fingerprint density at radius 1 is 1.25 bits per heavy atom. The summed E-state index contributed by atoms with van der Waals surface area (Å²) in [6, 6.07) is 10.9. The van der Waals surface area contributed by atoms with E-state index < -0.39 is 12.0 Å². The molecular weight excluding hydrogens is 480 g/mol. The summed E-state index contributed by atoms with van der Waals surface area (Å²) in [7, 11) is 1.85. The van der Waals surface area contributed by atoms with Crippen LogP contribution in [0.2, 0.25) is 5.02 Å². The highest BCUT2D eigenvalue weighted by Gasteiger charge is 2.34. The van der Waals surface area contributed by atoms with Gasteiger partial charge in [-0.3, -0.25) is 0 Å². The van der Waals surface area contributed by atoms with Crippen LogP contribution in [0.1, 0.15) is 71.4 Å². The van der Waals surface area contributed by atoms with Crippen molar-refractivity contribution in [1.29, 1.82) is 0 Å². The molecule has 3 heterocycles.